The van der Waals surface area contributed by atoms with Crippen molar-refractivity contribution in [1.29, 1.82) is 0 Å². The van der Waals surface area contributed by atoms with E-state index in [4.69, 9.17) is 5.11 Å². The monoisotopic (exact) mass is 286 g/mol. The summed E-state index contributed by atoms with van der Waals surface area (Å²) >= 11 is 0. The summed E-state index contributed by atoms with van der Waals surface area (Å²) in [5.41, 5.74) is -0.0365. The predicted octanol–water partition coefficient (Wildman–Crippen LogP) is 1.59. The van der Waals surface area contributed by atoms with Gasteiger partial charge in [0.25, 0.3) is 10.0 Å². The minimum atomic E-state index is -3.68. The molecular weight excluding hydrogens is 268 g/mol. The molecule has 0 atom stereocenters. The summed E-state index contributed by atoms with van der Waals surface area (Å²) in [6.45, 7) is 5.88. The highest BCUT2D eigenvalue weighted by Gasteiger charge is 2.27. The fourth-order valence-electron chi connectivity index (χ4n) is 1.66. The van der Waals surface area contributed by atoms with Crippen LogP contribution in [0.5, 0.6) is 0 Å². The third-order valence-electron chi connectivity index (χ3n) is 2.58. The van der Waals surface area contributed by atoms with E-state index in [-0.39, 0.29) is 16.6 Å². The molecule has 0 unspecified atom stereocenters. The number of carboxylic acids is 1. The van der Waals surface area contributed by atoms with E-state index in [1.165, 1.54) is 16.4 Å². The molecule has 0 aliphatic carbocycles. The summed E-state index contributed by atoms with van der Waals surface area (Å²) in [5.74, 6) is -1.13. The maximum Gasteiger partial charge on any atom is 0.337 e. The standard InChI is InChI=1S/C12H18N2O4S/c1-4-7-14(9(2)3)19(17,18)11-6-5-10(8-13-11)12(15)16/h5-6,8-9H,4,7H2,1-3H3,(H,15,16). The third kappa shape index (κ3) is 3.51. The van der Waals surface area contributed by atoms with Crippen molar-refractivity contribution in [3.63, 3.8) is 0 Å². The summed E-state index contributed by atoms with van der Waals surface area (Å²) in [4.78, 5) is 14.5. The van der Waals surface area contributed by atoms with Crippen molar-refractivity contribution in [2.24, 2.45) is 0 Å². The van der Waals surface area contributed by atoms with Crippen LogP contribution in [0.3, 0.4) is 0 Å². The molecular formula is C12H18N2O4S. The Morgan fingerprint density at radius 2 is 2.05 bits per heavy atom. The molecule has 0 aromatic carbocycles. The number of nitrogens with zero attached hydrogens (tertiary/aromatic N) is 2. The highest BCUT2D eigenvalue weighted by atomic mass is 32.2. The van der Waals surface area contributed by atoms with Gasteiger partial charge < -0.3 is 5.11 Å². The molecule has 0 amide bonds. The summed E-state index contributed by atoms with van der Waals surface area (Å²) in [6, 6.07) is 2.29. The molecule has 0 fully saturated rings. The van der Waals surface area contributed by atoms with Gasteiger partial charge in [0, 0.05) is 18.8 Å². The van der Waals surface area contributed by atoms with Crippen molar-refractivity contribution in [1.82, 2.24) is 9.29 Å². The molecule has 1 aromatic heterocycles. The van der Waals surface area contributed by atoms with Crippen molar-refractivity contribution in [3.05, 3.63) is 23.9 Å². The largest absolute Gasteiger partial charge is 0.478 e. The van der Waals surface area contributed by atoms with Gasteiger partial charge in [-0.15, -0.1) is 0 Å². The number of hydrogen-bond donors (Lipinski definition) is 1. The Labute approximate surface area is 113 Å². The molecule has 1 N–H and O–H groups in total. The lowest BCUT2D eigenvalue weighted by Crippen LogP contribution is -2.37. The predicted molar refractivity (Wildman–Crippen MR) is 70.5 cm³/mol. The van der Waals surface area contributed by atoms with Crippen LogP contribution in [0.1, 0.15) is 37.6 Å². The van der Waals surface area contributed by atoms with E-state index in [1.807, 2.05) is 6.92 Å². The number of rotatable bonds is 6. The van der Waals surface area contributed by atoms with Crippen LogP contribution in [0.25, 0.3) is 0 Å². The van der Waals surface area contributed by atoms with Gasteiger partial charge in [0.2, 0.25) is 0 Å². The van der Waals surface area contributed by atoms with Crippen LogP contribution >= 0.6 is 0 Å². The zero-order valence-electron chi connectivity index (χ0n) is 11.2. The van der Waals surface area contributed by atoms with Gasteiger partial charge >= 0.3 is 5.97 Å². The van der Waals surface area contributed by atoms with E-state index >= 15 is 0 Å². The molecule has 0 radical (unpaired) electrons. The lowest BCUT2D eigenvalue weighted by Gasteiger charge is -2.24. The van der Waals surface area contributed by atoms with Crippen LogP contribution in [-0.4, -0.2) is 41.4 Å². The Morgan fingerprint density at radius 1 is 1.42 bits per heavy atom. The quantitative estimate of drug-likeness (QED) is 0.858. The number of sulfonamides is 1. The minimum absolute atomic E-state index is 0.0365. The van der Waals surface area contributed by atoms with Gasteiger partial charge in [-0.2, -0.15) is 4.31 Å². The topological polar surface area (TPSA) is 87.6 Å². The molecule has 7 heteroatoms. The lowest BCUT2D eigenvalue weighted by molar-refractivity contribution is 0.0696. The van der Waals surface area contributed by atoms with Crippen molar-refractivity contribution < 1.29 is 18.3 Å². The first-order valence-electron chi connectivity index (χ1n) is 6.02. The molecule has 0 aliphatic rings. The Balaban J connectivity index is 3.14. The van der Waals surface area contributed by atoms with Crippen LogP contribution < -0.4 is 0 Å². The van der Waals surface area contributed by atoms with Gasteiger partial charge in [0.05, 0.1) is 5.56 Å². The zero-order chi connectivity index (χ0) is 14.6. The first-order chi connectivity index (χ1) is 8.80. The molecule has 0 spiro atoms. The fourth-order valence-corrected chi connectivity index (χ4v) is 3.30. The molecule has 19 heavy (non-hydrogen) atoms. The van der Waals surface area contributed by atoms with Gasteiger partial charge in [-0.1, -0.05) is 6.92 Å². The van der Waals surface area contributed by atoms with Crippen LogP contribution in [0.15, 0.2) is 23.4 Å². The van der Waals surface area contributed by atoms with E-state index < -0.39 is 16.0 Å². The number of pyridine rings is 1. The highest BCUT2D eigenvalue weighted by molar-refractivity contribution is 7.89. The van der Waals surface area contributed by atoms with Crippen molar-refractivity contribution >= 4 is 16.0 Å². The SMILES string of the molecule is CCCN(C(C)C)S(=O)(=O)c1ccc(C(=O)O)cn1. The number of carboxylic acid groups (broad SMARTS) is 1. The van der Waals surface area contributed by atoms with Gasteiger partial charge in [0.1, 0.15) is 0 Å². The molecule has 0 saturated carbocycles. The maximum atomic E-state index is 12.4. The van der Waals surface area contributed by atoms with E-state index in [9.17, 15) is 13.2 Å². The smallest absolute Gasteiger partial charge is 0.337 e. The third-order valence-corrected chi connectivity index (χ3v) is 4.57. The number of carbonyl (C=O) groups is 1. The van der Waals surface area contributed by atoms with Crippen molar-refractivity contribution in [2.75, 3.05) is 6.54 Å². The zero-order valence-corrected chi connectivity index (χ0v) is 12.0. The summed E-state index contributed by atoms with van der Waals surface area (Å²) in [7, 11) is -3.68. The Morgan fingerprint density at radius 3 is 2.42 bits per heavy atom. The Bertz CT molecular complexity index is 537. The number of aromatic nitrogens is 1. The molecule has 0 saturated heterocycles. The van der Waals surface area contributed by atoms with E-state index in [0.29, 0.717) is 13.0 Å². The molecule has 1 aromatic rings. The second-order valence-electron chi connectivity index (χ2n) is 4.40. The molecule has 0 aliphatic heterocycles. The van der Waals surface area contributed by atoms with Gasteiger partial charge in [-0.05, 0) is 32.4 Å². The highest BCUT2D eigenvalue weighted by Crippen LogP contribution is 2.17. The number of aromatic carboxylic acids is 1. The maximum absolute atomic E-state index is 12.4. The molecule has 0 bridgehead atoms. The van der Waals surface area contributed by atoms with E-state index in [0.717, 1.165) is 6.20 Å². The van der Waals surface area contributed by atoms with Gasteiger partial charge in [-0.3, -0.25) is 0 Å². The average molecular weight is 286 g/mol. The van der Waals surface area contributed by atoms with Crippen LogP contribution in [0.2, 0.25) is 0 Å². The lowest BCUT2D eigenvalue weighted by atomic mass is 10.3. The second kappa shape index (κ2) is 6.12. The van der Waals surface area contributed by atoms with Crippen LogP contribution in [0.4, 0.5) is 0 Å². The summed E-state index contributed by atoms with van der Waals surface area (Å²) in [6.07, 6.45) is 1.75. The number of hydrogen-bond acceptors (Lipinski definition) is 4. The second-order valence-corrected chi connectivity index (χ2v) is 6.24. The molecule has 106 valence electrons. The fraction of sp³-hybridized carbons (Fsp3) is 0.500. The minimum Gasteiger partial charge on any atom is -0.478 e. The summed E-state index contributed by atoms with van der Waals surface area (Å²) in [5, 5.41) is 8.63. The van der Waals surface area contributed by atoms with Crippen molar-refractivity contribution in [3.8, 4) is 0 Å². The van der Waals surface area contributed by atoms with Crippen molar-refractivity contribution in [2.45, 2.75) is 38.3 Å². The van der Waals surface area contributed by atoms with Gasteiger partial charge in [0.15, 0.2) is 5.03 Å². The van der Waals surface area contributed by atoms with Gasteiger partial charge in [-0.25, -0.2) is 18.2 Å². The molecule has 6 nitrogen and oxygen atoms in total. The van der Waals surface area contributed by atoms with E-state index in [1.54, 1.807) is 13.8 Å². The summed E-state index contributed by atoms with van der Waals surface area (Å²) < 4.78 is 26.1. The first-order valence-corrected chi connectivity index (χ1v) is 7.46. The van der Waals surface area contributed by atoms with Crippen LogP contribution in [-0.2, 0) is 10.0 Å². The van der Waals surface area contributed by atoms with Crippen LogP contribution in [0, 0.1) is 0 Å². The molecule has 1 rings (SSSR count). The molecule has 1 heterocycles. The first kappa shape index (κ1) is 15.6. The van der Waals surface area contributed by atoms with E-state index in [2.05, 4.69) is 4.98 Å². The Kier molecular flexibility index (Phi) is 5.02. The normalized spacial score (nSPS) is 12.1. The average Bonchev–Trinajstić information content (AvgIpc) is 2.35. The Hall–Kier alpha value is -1.47.